The Hall–Kier alpha value is -2.04. The van der Waals surface area contributed by atoms with Crippen LogP contribution in [0.3, 0.4) is 0 Å². The van der Waals surface area contributed by atoms with E-state index in [0.29, 0.717) is 0 Å². The first-order valence-electron chi connectivity index (χ1n) is 9.08. The van der Waals surface area contributed by atoms with Crippen molar-refractivity contribution in [1.82, 2.24) is 15.3 Å². The monoisotopic (exact) mass is 328 g/mol. The number of aromatic nitrogens is 2. The first-order valence-corrected chi connectivity index (χ1v) is 9.08. The maximum Gasteiger partial charge on any atom is 0.223 e. The number of nitrogens with zero attached hydrogens (tertiary/aromatic N) is 2. The summed E-state index contributed by atoms with van der Waals surface area (Å²) in [7, 11) is 0. The minimum atomic E-state index is 0.145. The molecule has 1 aliphatic rings. The van der Waals surface area contributed by atoms with E-state index >= 15 is 0 Å². The van der Waals surface area contributed by atoms with E-state index < -0.39 is 0 Å². The molecule has 1 aromatic carbocycles. The molecule has 0 unspecified atom stereocenters. The second-order valence-electron chi connectivity index (χ2n) is 6.92. The third-order valence-corrected chi connectivity index (χ3v) is 5.08. The predicted octanol–water partition coefficient (Wildman–Crippen LogP) is 3.31. The van der Waals surface area contributed by atoms with Crippen LogP contribution >= 0.6 is 0 Å². The average Bonchev–Trinajstić information content (AvgIpc) is 2.98. The molecule has 1 aliphatic heterocycles. The molecule has 2 N–H and O–H groups in total. The number of imidazole rings is 1. The number of rotatable bonds is 5. The van der Waals surface area contributed by atoms with Crippen molar-refractivity contribution in [2.75, 3.05) is 24.5 Å². The van der Waals surface area contributed by atoms with Crippen molar-refractivity contribution in [2.24, 2.45) is 5.92 Å². The van der Waals surface area contributed by atoms with Crippen molar-refractivity contribution in [3.05, 3.63) is 23.3 Å². The van der Waals surface area contributed by atoms with Gasteiger partial charge in [-0.25, -0.2) is 4.98 Å². The summed E-state index contributed by atoms with van der Waals surface area (Å²) in [5.74, 6) is 1.30. The summed E-state index contributed by atoms with van der Waals surface area (Å²) in [5.41, 5.74) is 4.66. The molecular formula is C19H28N4O. The van der Waals surface area contributed by atoms with Gasteiger partial charge in [-0.05, 0) is 56.4 Å². The Morgan fingerprint density at radius 1 is 1.29 bits per heavy atom. The van der Waals surface area contributed by atoms with E-state index in [1.54, 1.807) is 0 Å². The fourth-order valence-electron chi connectivity index (χ4n) is 3.29. The molecule has 0 radical (unpaired) electrons. The predicted molar refractivity (Wildman–Crippen MR) is 98.4 cm³/mol. The highest BCUT2D eigenvalue weighted by Gasteiger charge is 2.26. The van der Waals surface area contributed by atoms with E-state index in [1.807, 2.05) is 0 Å². The molecule has 24 heavy (non-hydrogen) atoms. The van der Waals surface area contributed by atoms with Crippen molar-refractivity contribution < 1.29 is 4.79 Å². The molecule has 5 nitrogen and oxygen atoms in total. The molecule has 0 atom stereocenters. The van der Waals surface area contributed by atoms with Crippen LogP contribution in [0.15, 0.2) is 12.1 Å². The summed E-state index contributed by atoms with van der Waals surface area (Å²) in [5, 5.41) is 3.06. The van der Waals surface area contributed by atoms with Crippen molar-refractivity contribution >= 4 is 22.9 Å². The zero-order valence-electron chi connectivity index (χ0n) is 15.0. The smallest absolute Gasteiger partial charge is 0.223 e. The summed E-state index contributed by atoms with van der Waals surface area (Å²) in [6.07, 6.45) is 3.96. The quantitative estimate of drug-likeness (QED) is 0.828. The van der Waals surface area contributed by atoms with E-state index in [2.05, 4.69) is 48.1 Å². The van der Waals surface area contributed by atoms with Crippen molar-refractivity contribution in [3.8, 4) is 0 Å². The SMILES string of the molecule is CCCCNC(=O)C1CCN(c2nc3cc(C)c(C)cc3[nH]2)CC1. The van der Waals surface area contributed by atoms with E-state index in [4.69, 9.17) is 4.98 Å². The fraction of sp³-hybridized carbons (Fsp3) is 0.579. The van der Waals surface area contributed by atoms with Crippen LogP contribution < -0.4 is 10.2 Å². The number of amides is 1. The molecule has 0 spiro atoms. The van der Waals surface area contributed by atoms with Crippen LogP contribution in [-0.4, -0.2) is 35.5 Å². The molecule has 1 amide bonds. The average molecular weight is 328 g/mol. The number of aryl methyl sites for hydroxylation is 2. The van der Waals surface area contributed by atoms with Crippen LogP contribution in [0, 0.1) is 19.8 Å². The maximum absolute atomic E-state index is 12.2. The molecule has 0 bridgehead atoms. The van der Waals surface area contributed by atoms with Gasteiger partial charge in [0.15, 0.2) is 0 Å². The highest BCUT2D eigenvalue weighted by Crippen LogP contribution is 2.25. The molecule has 1 saturated heterocycles. The summed E-state index contributed by atoms with van der Waals surface area (Å²) in [6.45, 7) is 8.94. The lowest BCUT2D eigenvalue weighted by Crippen LogP contribution is -2.41. The topological polar surface area (TPSA) is 61.0 Å². The van der Waals surface area contributed by atoms with Gasteiger partial charge in [-0.15, -0.1) is 0 Å². The minimum absolute atomic E-state index is 0.145. The normalized spacial score (nSPS) is 15.9. The Labute approximate surface area is 143 Å². The van der Waals surface area contributed by atoms with Gasteiger partial charge in [0.25, 0.3) is 0 Å². The summed E-state index contributed by atoms with van der Waals surface area (Å²) < 4.78 is 0. The first kappa shape index (κ1) is 16.8. The number of H-pyrrole nitrogens is 1. The van der Waals surface area contributed by atoms with Crippen molar-refractivity contribution in [3.63, 3.8) is 0 Å². The number of carbonyl (C=O) groups excluding carboxylic acids is 1. The van der Waals surface area contributed by atoms with Gasteiger partial charge < -0.3 is 15.2 Å². The minimum Gasteiger partial charge on any atom is -0.356 e. The van der Waals surface area contributed by atoms with E-state index in [0.717, 1.165) is 62.3 Å². The van der Waals surface area contributed by atoms with Crippen LogP contribution in [0.2, 0.25) is 0 Å². The van der Waals surface area contributed by atoms with Gasteiger partial charge in [0, 0.05) is 25.6 Å². The Morgan fingerprint density at radius 2 is 2.00 bits per heavy atom. The molecule has 2 aromatic rings. The molecule has 2 heterocycles. The van der Waals surface area contributed by atoms with Crippen LogP contribution in [-0.2, 0) is 4.79 Å². The fourth-order valence-corrected chi connectivity index (χ4v) is 3.29. The maximum atomic E-state index is 12.2. The van der Waals surface area contributed by atoms with Gasteiger partial charge in [0.1, 0.15) is 0 Å². The van der Waals surface area contributed by atoms with Gasteiger partial charge in [0.2, 0.25) is 11.9 Å². The highest BCUT2D eigenvalue weighted by atomic mass is 16.1. The van der Waals surface area contributed by atoms with Crippen molar-refractivity contribution in [1.29, 1.82) is 0 Å². The zero-order valence-corrected chi connectivity index (χ0v) is 15.0. The standard InChI is InChI=1S/C19H28N4O/c1-4-5-8-20-18(24)15-6-9-23(10-7-15)19-21-16-11-13(2)14(3)12-17(16)22-19/h11-12,15H,4-10H2,1-3H3,(H,20,24)(H,21,22). The lowest BCUT2D eigenvalue weighted by Gasteiger charge is -2.31. The third-order valence-electron chi connectivity index (χ3n) is 5.08. The summed E-state index contributed by atoms with van der Waals surface area (Å²) >= 11 is 0. The number of fused-ring (bicyclic) bond motifs is 1. The molecule has 5 heteroatoms. The Kier molecular flexibility index (Phi) is 5.07. The number of hydrogen-bond acceptors (Lipinski definition) is 3. The van der Waals surface area contributed by atoms with E-state index in [9.17, 15) is 4.79 Å². The Bertz CT molecular complexity index is 674. The summed E-state index contributed by atoms with van der Waals surface area (Å²) in [4.78, 5) is 22.6. The van der Waals surface area contributed by atoms with Gasteiger partial charge in [-0.2, -0.15) is 0 Å². The van der Waals surface area contributed by atoms with E-state index in [1.165, 1.54) is 11.1 Å². The van der Waals surface area contributed by atoms with Gasteiger partial charge in [-0.1, -0.05) is 13.3 Å². The van der Waals surface area contributed by atoms with Gasteiger partial charge >= 0.3 is 0 Å². The number of aromatic amines is 1. The number of piperidine rings is 1. The Morgan fingerprint density at radius 3 is 2.71 bits per heavy atom. The number of hydrogen-bond donors (Lipinski definition) is 2. The molecular weight excluding hydrogens is 300 g/mol. The van der Waals surface area contributed by atoms with Crippen LogP contribution in [0.4, 0.5) is 5.95 Å². The molecule has 0 saturated carbocycles. The van der Waals surface area contributed by atoms with Crippen molar-refractivity contribution in [2.45, 2.75) is 46.5 Å². The van der Waals surface area contributed by atoms with Gasteiger partial charge in [-0.3, -0.25) is 4.79 Å². The second kappa shape index (κ2) is 7.24. The van der Waals surface area contributed by atoms with Crippen LogP contribution in [0.1, 0.15) is 43.7 Å². The number of anilines is 1. The highest BCUT2D eigenvalue weighted by molar-refractivity contribution is 5.80. The Balaban J connectivity index is 1.61. The number of nitrogens with one attached hydrogen (secondary N) is 2. The molecule has 130 valence electrons. The molecule has 3 rings (SSSR count). The summed E-state index contributed by atoms with van der Waals surface area (Å²) in [6, 6.07) is 4.30. The number of carbonyl (C=O) groups is 1. The van der Waals surface area contributed by atoms with Gasteiger partial charge in [0.05, 0.1) is 11.0 Å². The molecule has 1 aromatic heterocycles. The molecule has 1 fully saturated rings. The largest absolute Gasteiger partial charge is 0.356 e. The van der Waals surface area contributed by atoms with E-state index in [-0.39, 0.29) is 11.8 Å². The van der Waals surface area contributed by atoms with Crippen LogP contribution in [0.25, 0.3) is 11.0 Å². The molecule has 0 aliphatic carbocycles. The lowest BCUT2D eigenvalue weighted by atomic mass is 9.96. The lowest BCUT2D eigenvalue weighted by molar-refractivity contribution is -0.125. The number of unbranched alkanes of at least 4 members (excludes halogenated alkanes) is 1. The first-order chi connectivity index (χ1) is 11.6. The number of benzene rings is 1. The second-order valence-corrected chi connectivity index (χ2v) is 6.92. The zero-order chi connectivity index (χ0) is 17.1. The van der Waals surface area contributed by atoms with Crippen LogP contribution in [0.5, 0.6) is 0 Å². The third kappa shape index (κ3) is 3.55.